The first-order chi connectivity index (χ1) is 18.9. The van der Waals surface area contributed by atoms with Crippen molar-refractivity contribution in [1.29, 1.82) is 0 Å². The lowest BCUT2D eigenvalue weighted by Gasteiger charge is -2.24. The van der Waals surface area contributed by atoms with E-state index in [4.69, 9.17) is 4.74 Å². The highest BCUT2D eigenvalue weighted by Gasteiger charge is 2.39. The molecule has 1 saturated heterocycles. The molecule has 2 amide bonds. The summed E-state index contributed by atoms with van der Waals surface area (Å²) in [5.74, 6) is -0.199. The first-order valence-corrected chi connectivity index (χ1v) is 12.9. The molecule has 0 aromatic heterocycles. The standard InChI is InChI=1S/C30H23N3O5S/c1-38-26-16-10-20(11-17-26)18-27-29(35)32(30(39-27)24-8-5-9-25(19-24)33(36)37)31-28(34)23-14-12-22(13-15-23)21-6-3-2-4-7-21/h2-19,30H,1H3,(H,31,34)/b27-18-. The number of carbonyl (C=O) groups excluding carboxylic acids is 2. The lowest BCUT2D eigenvalue weighted by atomic mass is 10.0. The number of methoxy groups -OCH3 is 1. The maximum absolute atomic E-state index is 13.5. The predicted octanol–water partition coefficient (Wildman–Crippen LogP) is 6.23. The molecule has 0 aliphatic carbocycles. The van der Waals surface area contributed by atoms with E-state index in [9.17, 15) is 19.7 Å². The van der Waals surface area contributed by atoms with E-state index < -0.39 is 22.1 Å². The number of amides is 2. The van der Waals surface area contributed by atoms with E-state index in [2.05, 4.69) is 5.43 Å². The second-order valence-electron chi connectivity index (χ2n) is 8.66. The number of hydrogen-bond acceptors (Lipinski definition) is 6. The van der Waals surface area contributed by atoms with Gasteiger partial charge in [-0.15, -0.1) is 0 Å². The van der Waals surface area contributed by atoms with E-state index in [1.54, 1.807) is 49.6 Å². The van der Waals surface area contributed by atoms with E-state index in [0.717, 1.165) is 16.7 Å². The average Bonchev–Trinajstić information content (AvgIpc) is 3.28. The lowest BCUT2D eigenvalue weighted by Crippen LogP contribution is -2.44. The van der Waals surface area contributed by atoms with Gasteiger partial charge in [-0.3, -0.25) is 25.1 Å². The number of hydrogen-bond donors (Lipinski definition) is 1. The molecule has 1 fully saturated rings. The number of nitrogens with one attached hydrogen (secondary N) is 1. The van der Waals surface area contributed by atoms with Crippen LogP contribution in [0.1, 0.15) is 26.9 Å². The summed E-state index contributed by atoms with van der Waals surface area (Å²) in [5, 5.41) is 11.9. The van der Waals surface area contributed by atoms with Crippen LogP contribution in [0.3, 0.4) is 0 Å². The van der Waals surface area contributed by atoms with Gasteiger partial charge in [0.25, 0.3) is 17.5 Å². The normalized spacial score (nSPS) is 15.8. The summed E-state index contributed by atoms with van der Waals surface area (Å²) in [7, 11) is 1.57. The van der Waals surface area contributed by atoms with Gasteiger partial charge in [0.15, 0.2) is 0 Å². The van der Waals surface area contributed by atoms with Gasteiger partial charge >= 0.3 is 0 Å². The Hall–Kier alpha value is -4.89. The SMILES string of the molecule is COc1ccc(/C=C2\SC(c3cccc([N+](=O)[O-])c3)N(NC(=O)c3ccc(-c4ccccc4)cc3)C2=O)cc1. The Morgan fingerprint density at radius 1 is 0.949 bits per heavy atom. The van der Waals surface area contributed by atoms with Crippen LogP contribution in [-0.2, 0) is 4.79 Å². The largest absolute Gasteiger partial charge is 0.497 e. The third kappa shape index (κ3) is 5.68. The maximum atomic E-state index is 13.5. The maximum Gasteiger partial charge on any atom is 0.280 e. The Balaban J connectivity index is 1.44. The van der Waals surface area contributed by atoms with Gasteiger partial charge in [0, 0.05) is 17.7 Å². The smallest absolute Gasteiger partial charge is 0.280 e. The van der Waals surface area contributed by atoms with Crippen LogP contribution in [-0.4, -0.2) is 28.9 Å². The predicted molar refractivity (Wildman–Crippen MR) is 151 cm³/mol. The van der Waals surface area contributed by atoms with Crippen LogP contribution in [0.15, 0.2) is 108 Å². The topological polar surface area (TPSA) is 102 Å². The van der Waals surface area contributed by atoms with Gasteiger partial charge in [-0.25, -0.2) is 5.01 Å². The number of nitrogens with zero attached hydrogens (tertiary/aromatic N) is 2. The summed E-state index contributed by atoms with van der Waals surface area (Å²) in [5.41, 5.74) is 6.27. The summed E-state index contributed by atoms with van der Waals surface area (Å²) in [6, 6.07) is 30.1. The Kier molecular flexibility index (Phi) is 7.42. The van der Waals surface area contributed by atoms with Crippen molar-refractivity contribution in [2.45, 2.75) is 5.37 Å². The Morgan fingerprint density at radius 3 is 2.31 bits per heavy atom. The van der Waals surface area contributed by atoms with E-state index in [-0.39, 0.29) is 5.69 Å². The highest BCUT2D eigenvalue weighted by molar-refractivity contribution is 8.04. The fraction of sp³-hybridized carbons (Fsp3) is 0.0667. The van der Waals surface area contributed by atoms with Gasteiger partial charge in [-0.05, 0) is 52.6 Å². The Labute approximate surface area is 229 Å². The second kappa shape index (κ2) is 11.2. The van der Waals surface area contributed by atoms with Gasteiger partial charge < -0.3 is 4.74 Å². The summed E-state index contributed by atoms with van der Waals surface area (Å²) < 4.78 is 5.20. The molecule has 0 bridgehead atoms. The summed E-state index contributed by atoms with van der Waals surface area (Å²) >= 11 is 1.21. The number of rotatable bonds is 7. The van der Waals surface area contributed by atoms with Gasteiger partial charge in [-0.2, -0.15) is 0 Å². The summed E-state index contributed by atoms with van der Waals surface area (Å²) in [6.45, 7) is 0. The molecular formula is C30H23N3O5S. The molecule has 1 unspecified atom stereocenters. The Morgan fingerprint density at radius 2 is 1.64 bits per heavy atom. The van der Waals surface area contributed by atoms with Crippen LogP contribution in [0.4, 0.5) is 5.69 Å². The quantitative estimate of drug-likeness (QED) is 0.170. The second-order valence-corrected chi connectivity index (χ2v) is 9.79. The number of hydrazine groups is 1. The molecule has 1 aliphatic rings. The molecule has 1 atom stereocenters. The third-order valence-electron chi connectivity index (χ3n) is 6.16. The van der Waals surface area contributed by atoms with E-state index >= 15 is 0 Å². The molecule has 9 heteroatoms. The zero-order chi connectivity index (χ0) is 27.4. The molecule has 0 saturated carbocycles. The molecule has 5 rings (SSSR count). The van der Waals surface area contributed by atoms with E-state index in [1.165, 1.54) is 28.9 Å². The first-order valence-electron chi connectivity index (χ1n) is 12.0. The van der Waals surface area contributed by atoms with Crippen molar-refractivity contribution in [3.8, 4) is 16.9 Å². The van der Waals surface area contributed by atoms with Crippen LogP contribution >= 0.6 is 11.8 Å². The number of non-ortho nitro benzene ring substituents is 1. The molecule has 4 aromatic rings. The van der Waals surface area contributed by atoms with Crippen molar-refractivity contribution in [2.24, 2.45) is 0 Å². The number of nitro benzene ring substituents is 1. The molecule has 0 spiro atoms. The van der Waals surface area contributed by atoms with Crippen molar-refractivity contribution in [3.05, 3.63) is 135 Å². The van der Waals surface area contributed by atoms with E-state index in [0.29, 0.717) is 21.8 Å². The minimum absolute atomic E-state index is 0.101. The number of benzene rings is 4. The molecule has 1 N–H and O–H groups in total. The number of nitro groups is 1. The zero-order valence-corrected chi connectivity index (χ0v) is 21.6. The zero-order valence-electron chi connectivity index (χ0n) is 20.8. The average molecular weight is 538 g/mol. The monoisotopic (exact) mass is 537 g/mol. The van der Waals surface area contributed by atoms with Gasteiger partial charge in [0.1, 0.15) is 11.1 Å². The molecule has 1 aliphatic heterocycles. The van der Waals surface area contributed by atoms with Crippen LogP contribution < -0.4 is 10.2 Å². The van der Waals surface area contributed by atoms with Crippen molar-refractivity contribution < 1.29 is 19.2 Å². The molecule has 194 valence electrons. The van der Waals surface area contributed by atoms with Crippen LogP contribution in [0.2, 0.25) is 0 Å². The summed E-state index contributed by atoms with van der Waals surface area (Å²) in [6.07, 6.45) is 1.72. The number of carbonyl (C=O) groups is 2. The molecule has 39 heavy (non-hydrogen) atoms. The Bertz CT molecular complexity index is 1550. The van der Waals surface area contributed by atoms with Gasteiger partial charge in [-0.1, -0.05) is 78.5 Å². The van der Waals surface area contributed by atoms with Crippen molar-refractivity contribution >= 4 is 35.3 Å². The van der Waals surface area contributed by atoms with Crippen molar-refractivity contribution in [3.63, 3.8) is 0 Å². The van der Waals surface area contributed by atoms with Crippen LogP contribution in [0.25, 0.3) is 17.2 Å². The summed E-state index contributed by atoms with van der Waals surface area (Å²) in [4.78, 5) is 38.0. The third-order valence-corrected chi connectivity index (χ3v) is 7.41. The van der Waals surface area contributed by atoms with Gasteiger partial charge in [0.2, 0.25) is 0 Å². The first kappa shape index (κ1) is 25.7. The number of ether oxygens (including phenoxy) is 1. The lowest BCUT2D eigenvalue weighted by molar-refractivity contribution is -0.384. The fourth-order valence-corrected chi connectivity index (χ4v) is 5.31. The molecule has 1 heterocycles. The van der Waals surface area contributed by atoms with Gasteiger partial charge in [0.05, 0.1) is 16.9 Å². The molecule has 4 aromatic carbocycles. The molecular weight excluding hydrogens is 514 g/mol. The minimum Gasteiger partial charge on any atom is -0.497 e. The highest BCUT2D eigenvalue weighted by atomic mass is 32.2. The number of thioether (sulfide) groups is 1. The van der Waals surface area contributed by atoms with Crippen LogP contribution in [0.5, 0.6) is 5.75 Å². The van der Waals surface area contributed by atoms with Crippen LogP contribution in [0, 0.1) is 10.1 Å². The molecule has 8 nitrogen and oxygen atoms in total. The fourth-order valence-electron chi connectivity index (χ4n) is 4.13. The van der Waals surface area contributed by atoms with Crippen molar-refractivity contribution in [2.75, 3.05) is 7.11 Å². The van der Waals surface area contributed by atoms with Crippen molar-refractivity contribution in [1.82, 2.24) is 10.4 Å². The minimum atomic E-state index is -0.700. The van der Waals surface area contributed by atoms with E-state index in [1.807, 2.05) is 54.6 Å². The molecule has 0 radical (unpaired) electrons. The highest BCUT2D eigenvalue weighted by Crippen LogP contribution is 2.45.